The molecule has 3 aromatic rings. The predicted molar refractivity (Wildman–Crippen MR) is 78.7 cm³/mol. The summed E-state index contributed by atoms with van der Waals surface area (Å²) >= 11 is 0. The number of hydrogen-bond donors (Lipinski definition) is 0. The first-order valence-electron chi connectivity index (χ1n) is 6.50. The molecule has 0 unspecified atom stereocenters. The van der Waals surface area contributed by atoms with Gasteiger partial charge in [0.05, 0.1) is 19.7 Å². The molecule has 0 aliphatic carbocycles. The second-order valence-corrected chi connectivity index (χ2v) is 4.68. The minimum atomic E-state index is -0.611. The molecule has 0 radical (unpaired) electrons. The van der Waals surface area contributed by atoms with Gasteiger partial charge < -0.3 is 14.0 Å². The van der Waals surface area contributed by atoms with Crippen molar-refractivity contribution in [2.24, 2.45) is 7.05 Å². The number of aryl methyl sites for hydroxylation is 1. The number of para-hydroxylation sites is 1. The summed E-state index contributed by atoms with van der Waals surface area (Å²) in [6.07, 6.45) is 0. The van der Waals surface area contributed by atoms with Gasteiger partial charge in [0.25, 0.3) is 0 Å². The maximum absolute atomic E-state index is 12.0. The fourth-order valence-electron chi connectivity index (χ4n) is 2.58. The Bertz CT molecular complexity index is 914. The van der Waals surface area contributed by atoms with Gasteiger partial charge in [-0.25, -0.2) is 9.59 Å². The number of hydrogen-bond acceptors (Lipinski definition) is 6. The molecule has 0 saturated heterocycles. The molecule has 0 saturated carbocycles. The number of carbonyl (C=O) groups is 2. The first-order chi connectivity index (χ1) is 10.6. The summed E-state index contributed by atoms with van der Waals surface area (Å²) in [7, 11) is 4.34. The molecule has 0 amide bonds. The average molecular weight is 299 g/mol. The first-order valence-corrected chi connectivity index (χ1v) is 6.50. The Morgan fingerprint density at radius 3 is 2.27 bits per heavy atom. The van der Waals surface area contributed by atoms with Crippen molar-refractivity contribution in [3.8, 4) is 0 Å². The molecule has 2 heterocycles. The van der Waals surface area contributed by atoms with Crippen molar-refractivity contribution in [2.45, 2.75) is 0 Å². The topological polar surface area (TPSA) is 83.3 Å². The zero-order valence-electron chi connectivity index (χ0n) is 12.3. The van der Waals surface area contributed by atoms with Crippen LogP contribution in [0.1, 0.15) is 21.0 Å². The van der Waals surface area contributed by atoms with Crippen LogP contribution < -0.4 is 0 Å². The molecular weight excluding hydrogens is 286 g/mol. The largest absolute Gasteiger partial charge is 0.464 e. The number of benzene rings is 1. The zero-order valence-corrected chi connectivity index (χ0v) is 12.3. The molecule has 0 atom stereocenters. The summed E-state index contributed by atoms with van der Waals surface area (Å²) in [5.41, 5.74) is 1.47. The Morgan fingerprint density at radius 1 is 1.00 bits per heavy atom. The van der Waals surface area contributed by atoms with E-state index in [4.69, 9.17) is 9.47 Å². The number of carbonyl (C=O) groups excluding carboxylic acids is 2. The van der Waals surface area contributed by atoms with Gasteiger partial charge in [-0.2, -0.15) is 0 Å². The third kappa shape index (κ3) is 1.82. The molecule has 3 rings (SSSR count). The Labute approximate surface area is 125 Å². The second kappa shape index (κ2) is 5.10. The van der Waals surface area contributed by atoms with E-state index in [9.17, 15) is 9.59 Å². The number of esters is 2. The van der Waals surface area contributed by atoms with Crippen LogP contribution in [0.25, 0.3) is 21.8 Å². The van der Waals surface area contributed by atoms with Gasteiger partial charge in [-0.3, -0.25) is 0 Å². The summed E-state index contributed by atoms with van der Waals surface area (Å²) < 4.78 is 11.3. The second-order valence-electron chi connectivity index (χ2n) is 4.68. The van der Waals surface area contributed by atoms with Gasteiger partial charge in [0.15, 0.2) is 11.4 Å². The molecule has 0 aliphatic heterocycles. The molecule has 0 N–H and O–H groups in total. The number of fused-ring (bicyclic) bond motifs is 3. The summed E-state index contributed by atoms with van der Waals surface area (Å²) in [5, 5.41) is 9.05. The summed E-state index contributed by atoms with van der Waals surface area (Å²) in [5.74, 6) is -1.22. The predicted octanol–water partition coefficient (Wildman–Crippen LogP) is 1.69. The van der Waals surface area contributed by atoms with E-state index in [0.717, 1.165) is 10.9 Å². The van der Waals surface area contributed by atoms with Crippen LogP contribution in [0, 0.1) is 0 Å². The van der Waals surface area contributed by atoms with E-state index in [1.54, 1.807) is 11.6 Å². The normalized spacial score (nSPS) is 10.9. The van der Waals surface area contributed by atoms with Gasteiger partial charge in [-0.15, -0.1) is 10.2 Å². The third-order valence-electron chi connectivity index (χ3n) is 3.58. The Balaban J connectivity index is 2.54. The van der Waals surface area contributed by atoms with Crippen molar-refractivity contribution < 1.29 is 19.1 Å². The lowest BCUT2D eigenvalue weighted by Gasteiger charge is -2.05. The number of ether oxygens (including phenoxy) is 2. The number of methoxy groups -OCH3 is 2. The van der Waals surface area contributed by atoms with E-state index >= 15 is 0 Å². The van der Waals surface area contributed by atoms with E-state index in [-0.39, 0.29) is 11.4 Å². The molecule has 0 bridgehead atoms. The van der Waals surface area contributed by atoms with Crippen molar-refractivity contribution in [3.63, 3.8) is 0 Å². The van der Waals surface area contributed by atoms with Crippen LogP contribution in [-0.4, -0.2) is 40.9 Å². The molecule has 2 aromatic heterocycles. The molecule has 22 heavy (non-hydrogen) atoms. The van der Waals surface area contributed by atoms with Gasteiger partial charge in [-0.05, 0) is 6.07 Å². The van der Waals surface area contributed by atoms with Crippen LogP contribution in [0.15, 0.2) is 24.3 Å². The molecule has 1 aromatic carbocycles. The molecule has 7 nitrogen and oxygen atoms in total. The van der Waals surface area contributed by atoms with E-state index in [0.29, 0.717) is 10.9 Å². The lowest BCUT2D eigenvalue weighted by molar-refractivity contribution is 0.0577. The van der Waals surface area contributed by atoms with Crippen LogP contribution in [0.4, 0.5) is 0 Å². The highest BCUT2D eigenvalue weighted by molar-refractivity contribution is 6.19. The fourth-order valence-corrected chi connectivity index (χ4v) is 2.58. The summed E-state index contributed by atoms with van der Waals surface area (Å²) in [6, 6.07) is 7.46. The Morgan fingerprint density at radius 2 is 1.59 bits per heavy atom. The van der Waals surface area contributed by atoms with Crippen LogP contribution in [0.3, 0.4) is 0 Å². The average Bonchev–Trinajstić information content (AvgIpc) is 2.87. The highest BCUT2D eigenvalue weighted by Gasteiger charge is 2.25. The molecule has 0 spiro atoms. The minimum absolute atomic E-state index is 0.0591. The molecule has 0 fully saturated rings. The number of nitrogens with zero attached hydrogens (tertiary/aromatic N) is 3. The number of aromatic nitrogens is 3. The van der Waals surface area contributed by atoms with Crippen molar-refractivity contribution in [3.05, 3.63) is 35.7 Å². The summed E-state index contributed by atoms with van der Waals surface area (Å²) in [4.78, 5) is 23.9. The number of rotatable bonds is 2. The maximum Gasteiger partial charge on any atom is 0.360 e. The monoisotopic (exact) mass is 299 g/mol. The van der Waals surface area contributed by atoms with E-state index < -0.39 is 11.9 Å². The third-order valence-corrected chi connectivity index (χ3v) is 3.58. The molecular formula is C15H13N3O4. The lowest BCUT2D eigenvalue weighted by Crippen LogP contribution is -2.13. The molecule has 0 aliphatic rings. The first kappa shape index (κ1) is 14.0. The van der Waals surface area contributed by atoms with Gasteiger partial charge in [-0.1, -0.05) is 18.2 Å². The van der Waals surface area contributed by atoms with Crippen molar-refractivity contribution in [2.75, 3.05) is 14.2 Å². The quantitative estimate of drug-likeness (QED) is 0.670. The van der Waals surface area contributed by atoms with E-state index in [1.165, 1.54) is 14.2 Å². The van der Waals surface area contributed by atoms with E-state index in [1.807, 2.05) is 24.3 Å². The van der Waals surface area contributed by atoms with Crippen LogP contribution in [0.5, 0.6) is 0 Å². The zero-order chi connectivity index (χ0) is 15.9. The minimum Gasteiger partial charge on any atom is -0.464 e. The standard InChI is InChI=1S/C15H13N3O4/c1-18-9-7-5-4-6-8(9)10-11(14(19)21-2)16-17-12(13(10)18)15(20)22-3/h4-7H,1-3H3. The molecule has 7 heteroatoms. The van der Waals surface area contributed by atoms with Crippen LogP contribution in [0.2, 0.25) is 0 Å². The van der Waals surface area contributed by atoms with E-state index in [2.05, 4.69) is 10.2 Å². The SMILES string of the molecule is COC(=O)c1nnc(C(=O)OC)c2c1c1ccccc1n2C. The van der Waals surface area contributed by atoms with Gasteiger partial charge in [0, 0.05) is 23.3 Å². The molecule has 112 valence electrons. The van der Waals surface area contributed by atoms with Gasteiger partial charge in [0.1, 0.15) is 0 Å². The highest BCUT2D eigenvalue weighted by Crippen LogP contribution is 2.31. The van der Waals surface area contributed by atoms with Crippen molar-refractivity contribution >= 4 is 33.7 Å². The highest BCUT2D eigenvalue weighted by atomic mass is 16.5. The van der Waals surface area contributed by atoms with Crippen LogP contribution >= 0.6 is 0 Å². The maximum atomic E-state index is 12.0. The van der Waals surface area contributed by atoms with Crippen molar-refractivity contribution in [1.29, 1.82) is 0 Å². The fraction of sp³-hybridized carbons (Fsp3) is 0.200. The van der Waals surface area contributed by atoms with Crippen LogP contribution in [-0.2, 0) is 16.5 Å². The van der Waals surface area contributed by atoms with Gasteiger partial charge >= 0.3 is 11.9 Å². The lowest BCUT2D eigenvalue weighted by atomic mass is 10.1. The Kier molecular flexibility index (Phi) is 3.25. The Hall–Kier alpha value is -2.96. The smallest absolute Gasteiger partial charge is 0.360 e. The summed E-state index contributed by atoms with van der Waals surface area (Å²) in [6.45, 7) is 0. The van der Waals surface area contributed by atoms with Gasteiger partial charge in [0.2, 0.25) is 0 Å². The van der Waals surface area contributed by atoms with Crippen molar-refractivity contribution in [1.82, 2.24) is 14.8 Å².